The van der Waals surface area contributed by atoms with Crippen LogP contribution in [0.4, 0.5) is 0 Å². The van der Waals surface area contributed by atoms with Gasteiger partial charge in [-0.2, -0.15) is 0 Å². The summed E-state index contributed by atoms with van der Waals surface area (Å²) in [6, 6.07) is 9.79. The Morgan fingerprint density at radius 3 is 1.82 bits per heavy atom. The molecule has 1 aliphatic carbocycles. The van der Waals surface area contributed by atoms with Crippen molar-refractivity contribution in [3.8, 4) is 5.75 Å². The number of rotatable bonds is 5. The molecule has 0 aromatic heterocycles. The van der Waals surface area contributed by atoms with Gasteiger partial charge in [0.25, 0.3) is 0 Å². The first kappa shape index (κ1) is 17.5. The Morgan fingerprint density at radius 2 is 1.41 bits per heavy atom. The van der Waals surface area contributed by atoms with Crippen LogP contribution in [0.3, 0.4) is 0 Å². The van der Waals surface area contributed by atoms with Crippen LogP contribution in [0.5, 0.6) is 5.75 Å². The second-order valence-electron chi connectivity index (χ2n) is 6.25. The summed E-state index contributed by atoms with van der Waals surface area (Å²) in [4.78, 5) is 0. The molecule has 0 saturated heterocycles. The molecule has 0 N–H and O–H groups in total. The average Bonchev–Trinajstić information content (AvgIpc) is 2.67. The summed E-state index contributed by atoms with van der Waals surface area (Å²) >= 11 is -3.61. The van der Waals surface area contributed by atoms with E-state index in [0.717, 1.165) is 5.75 Å². The van der Waals surface area contributed by atoms with Crippen molar-refractivity contribution in [2.75, 3.05) is 14.2 Å². The number of para-hydroxylation sites is 1. The predicted molar refractivity (Wildman–Crippen MR) is 85.9 cm³/mol. The number of hydrogen-bond acceptors (Lipinski definition) is 3. The number of allylic oxidation sites excluding steroid dienone is 4. The van der Waals surface area contributed by atoms with Crippen molar-refractivity contribution in [1.29, 1.82) is 0 Å². The van der Waals surface area contributed by atoms with Crippen molar-refractivity contribution in [2.45, 2.75) is 34.6 Å². The molecule has 0 aliphatic heterocycles. The third-order valence-electron chi connectivity index (χ3n) is 4.90. The Hall–Kier alpha value is -0.866. The van der Waals surface area contributed by atoms with Crippen LogP contribution in [0, 0.1) is 5.41 Å². The van der Waals surface area contributed by atoms with E-state index < -0.39 is 17.8 Å². The van der Waals surface area contributed by atoms with Gasteiger partial charge in [0.05, 0.1) is 0 Å². The van der Waals surface area contributed by atoms with Crippen LogP contribution in [0.1, 0.15) is 34.6 Å². The molecule has 0 saturated carbocycles. The summed E-state index contributed by atoms with van der Waals surface area (Å²) in [7, 11) is 3.40. The van der Waals surface area contributed by atoms with Gasteiger partial charge in [0.15, 0.2) is 0 Å². The van der Waals surface area contributed by atoms with Crippen LogP contribution in [0.25, 0.3) is 0 Å². The fraction of sp³-hybridized carbons (Fsp3) is 0.444. The van der Waals surface area contributed by atoms with Gasteiger partial charge in [-0.1, -0.05) is 0 Å². The molecule has 0 heterocycles. The zero-order valence-corrected chi connectivity index (χ0v) is 16.2. The van der Waals surface area contributed by atoms with E-state index in [2.05, 4.69) is 34.6 Å². The van der Waals surface area contributed by atoms with E-state index in [1.54, 1.807) is 14.2 Å². The van der Waals surface area contributed by atoms with Crippen LogP contribution in [-0.2, 0) is 24.4 Å². The minimum absolute atomic E-state index is 0.102. The van der Waals surface area contributed by atoms with Gasteiger partial charge in [-0.3, -0.25) is 0 Å². The van der Waals surface area contributed by atoms with Crippen molar-refractivity contribution in [1.82, 2.24) is 0 Å². The average molecular weight is 338 g/mol. The maximum atomic E-state index is 6.35. The first-order valence-electron chi connectivity index (χ1n) is 7.54. The summed E-state index contributed by atoms with van der Waals surface area (Å²) in [5, 5.41) is 0. The molecule has 0 unspecified atom stereocenters. The molecule has 0 radical (unpaired) electrons. The molecule has 120 valence electrons. The van der Waals surface area contributed by atoms with Gasteiger partial charge >= 0.3 is 139 Å². The standard InChI is InChI=1S/C10H15.C6H6O.2CH3O.Ti/c1-7-6-10(4,5)9(3)8(7)2;7-6-4-2-1-3-5-6;2*1-2;/h1-5H3;1-5,7H;2*1H3;/q;;2*-1;+3/p-1. The minimum atomic E-state index is -3.61. The molecule has 0 spiro atoms. The zero-order chi connectivity index (χ0) is 16.5. The molecule has 0 fully saturated rings. The quantitative estimate of drug-likeness (QED) is 0.714. The van der Waals surface area contributed by atoms with Crippen LogP contribution < -0.4 is 3.32 Å². The van der Waals surface area contributed by atoms with Crippen LogP contribution >= 0.6 is 0 Å². The van der Waals surface area contributed by atoms with Crippen LogP contribution in [0.15, 0.2) is 50.9 Å². The second kappa shape index (κ2) is 6.33. The first-order chi connectivity index (χ1) is 10.3. The van der Waals surface area contributed by atoms with Crippen molar-refractivity contribution < 1.29 is 27.7 Å². The summed E-state index contributed by atoms with van der Waals surface area (Å²) < 4.78 is 19.4. The molecular weight excluding hydrogens is 312 g/mol. The Labute approximate surface area is 138 Å². The fourth-order valence-corrected chi connectivity index (χ4v) is 7.78. The van der Waals surface area contributed by atoms with Crippen LogP contribution in [-0.4, -0.2) is 14.2 Å². The summed E-state index contributed by atoms with van der Waals surface area (Å²) in [6.45, 7) is 11.0. The number of benzene rings is 1. The first-order valence-corrected chi connectivity index (χ1v) is 10.2. The van der Waals surface area contributed by atoms with E-state index in [9.17, 15) is 0 Å². The molecule has 1 aromatic rings. The molecule has 3 nitrogen and oxygen atoms in total. The van der Waals surface area contributed by atoms with E-state index in [0.29, 0.717) is 0 Å². The topological polar surface area (TPSA) is 27.7 Å². The summed E-state index contributed by atoms with van der Waals surface area (Å²) in [5.41, 5.74) is 3.83. The molecule has 0 amide bonds. The molecule has 1 aliphatic rings. The maximum absolute atomic E-state index is 6.35. The van der Waals surface area contributed by atoms with Crippen molar-refractivity contribution in [3.63, 3.8) is 0 Å². The van der Waals surface area contributed by atoms with E-state index >= 15 is 0 Å². The Bertz CT molecular complexity index is 610. The summed E-state index contributed by atoms with van der Waals surface area (Å²) in [6.07, 6.45) is 0. The monoisotopic (exact) mass is 338 g/mol. The molecular formula is C18H26O3Ti. The Balaban J connectivity index is 2.53. The van der Waals surface area contributed by atoms with Gasteiger partial charge in [-0.15, -0.1) is 0 Å². The van der Waals surface area contributed by atoms with Crippen molar-refractivity contribution in [3.05, 3.63) is 50.9 Å². The van der Waals surface area contributed by atoms with Gasteiger partial charge in [0, 0.05) is 0 Å². The fourth-order valence-electron chi connectivity index (χ4n) is 3.27. The predicted octanol–water partition coefficient (Wildman–Crippen LogP) is 4.91. The van der Waals surface area contributed by atoms with Crippen molar-refractivity contribution >= 4 is 0 Å². The molecule has 22 heavy (non-hydrogen) atoms. The normalized spacial score (nSPS) is 18.1. The van der Waals surface area contributed by atoms with E-state index in [4.69, 9.17) is 9.96 Å². The third kappa shape index (κ3) is 2.72. The Kier molecular flexibility index (Phi) is 5.03. The summed E-state index contributed by atoms with van der Waals surface area (Å²) in [5.74, 6) is 0.796. The van der Waals surface area contributed by atoms with E-state index in [1.807, 2.05) is 30.3 Å². The molecule has 0 atom stereocenters. The van der Waals surface area contributed by atoms with E-state index in [-0.39, 0.29) is 5.41 Å². The van der Waals surface area contributed by atoms with Crippen LogP contribution in [0.2, 0.25) is 0 Å². The number of hydrogen-bond donors (Lipinski definition) is 0. The second-order valence-corrected chi connectivity index (χ2v) is 10.4. The molecule has 0 bridgehead atoms. The third-order valence-corrected chi connectivity index (χ3v) is 9.89. The van der Waals surface area contributed by atoms with Gasteiger partial charge in [0.1, 0.15) is 0 Å². The molecule has 4 heteroatoms. The van der Waals surface area contributed by atoms with Gasteiger partial charge < -0.3 is 0 Å². The van der Waals surface area contributed by atoms with Gasteiger partial charge in [-0.05, 0) is 0 Å². The van der Waals surface area contributed by atoms with E-state index in [1.165, 1.54) is 20.6 Å². The van der Waals surface area contributed by atoms with Crippen molar-refractivity contribution in [2.24, 2.45) is 5.41 Å². The van der Waals surface area contributed by atoms with Gasteiger partial charge in [-0.25, -0.2) is 0 Å². The molecule has 2 rings (SSSR count). The van der Waals surface area contributed by atoms with Gasteiger partial charge in [0.2, 0.25) is 0 Å². The Morgan fingerprint density at radius 1 is 0.864 bits per heavy atom. The zero-order valence-electron chi connectivity index (χ0n) is 14.6. The SMILES string of the molecule is C[O][Ti]([O]C)([O]c1ccccc1)[C]1=C(C)C(C)=C(C)C1(C)C. The molecule has 1 aromatic carbocycles.